The number of nitrogens with zero attached hydrogens (tertiary/aromatic N) is 1. The van der Waals surface area contributed by atoms with Gasteiger partial charge >= 0.3 is 0 Å². The molecule has 5 nitrogen and oxygen atoms in total. The van der Waals surface area contributed by atoms with E-state index in [2.05, 4.69) is 5.32 Å². The number of rotatable bonds is 5. The van der Waals surface area contributed by atoms with Crippen LogP contribution in [0.25, 0.3) is 0 Å². The molecule has 7 heteroatoms. The predicted octanol–water partition coefficient (Wildman–Crippen LogP) is 3.04. The van der Waals surface area contributed by atoms with E-state index in [1.54, 1.807) is 13.8 Å². The van der Waals surface area contributed by atoms with Crippen molar-refractivity contribution in [3.8, 4) is 0 Å². The smallest absolute Gasteiger partial charge is 0.253 e. The second-order valence-electron chi connectivity index (χ2n) is 6.21. The summed E-state index contributed by atoms with van der Waals surface area (Å²) in [5.74, 6) is -0.314. The van der Waals surface area contributed by atoms with Crippen molar-refractivity contribution in [2.24, 2.45) is 0 Å². The maximum Gasteiger partial charge on any atom is 0.253 e. The number of amides is 1. The molecule has 0 aliphatic heterocycles. The van der Waals surface area contributed by atoms with Crippen LogP contribution in [0.1, 0.15) is 49.9 Å². The molecule has 0 aromatic heterocycles. The summed E-state index contributed by atoms with van der Waals surface area (Å²) in [6.45, 7) is 3.59. The number of carbonyl (C=O) groups is 1. The van der Waals surface area contributed by atoms with E-state index in [1.807, 2.05) is 0 Å². The zero-order valence-electron chi connectivity index (χ0n) is 13.7. The highest BCUT2D eigenvalue weighted by molar-refractivity contribution is 7.89. The van der Waals surface area contributed by atoms with Gasteiger partial charge in [-0.05, 0) is 44.9 Å². The standard InChI is InChI=1S/C16H23ClN2O3S/c1-11(2)19(3)23(21,22)13-8-9-15(17)14(10-13)16(20)18-12-6-4-5-7-12/h8-12H,4-7H2,1-3H3,(H,18,20). The first-order chi connectivity index (χ1) is 10.7. The zero-order chi connectivity index (χ0) is 17.2. The van der Waals surface area contributed by atoms with Gasteiger partial charge in [0, 0.05) is 19.1 Å². The fraction of sp³-hybridized carbons (Fsp3) is 0.562. The van der Waals surface area contributed by atoms with Gasteiger partial charge in [-0.2, -0.15) is 4.31 Å². The van der Waals surface area contributed by atoms with Gasteiger partial charge in [0.1, 0.15) is 0 Å². The highest BCUT2D eigenvalue weighted by Crippen LogP contribution is 2.24. The molecule has 0 unspecified atom stereocenters. The van der Waals surface area contributed by atoms with E-state index in [1.165, 1.54) is 29.6 Å². The molecule has 2 rings (SSSR count). The molecule has 128 valence electrons. The predicted molar refractivity (Wildman–Crippen MR) is 91.3 cm³/mol. The number of hydrogen-bond acceptors (Lipinski definition) is 3. The monoisotopic (exact) mass is 358 g/mol. The summed E-state index contributed by atoms with van der Waals surface area (Å²) in [4.78, 5) is 12.5. The van der Waals surface area contributed by atoms with Crippen LogP contribution in [-0.2, 0) is 10.0 Å². The molecule has 1 amide bonds. The van der Waals surface area contributed by atoms with Crippen molar-refractivity contribution in [2.45, 2.75) is 56.5 Å². The summed E-state index contributed by atoms with van der Waals surface area (Å²) >= 11 is 6.10. The number of sulfonamides is 1. The van der Waals surface area contributed by atoms with Crippen molar-refractivity contribution in [3.05, 3.63) is 28.8 Å². The van der Waals surface area contributed by atoms with Crippen molar-refractivity contribution in [1.29, 1.82) is 0 Å². The first-order valence-electron chi connectivity index (χ1n) is 7.82. The van der Waals surface area contributed by atoms with Crippen LogP contribution in [0.2, 0.25) is 5.02 Å². The summed E-state index contributed by atoms with van der Waals surface area (Å²) in [5, 5.41) is 3.19. The topological polar surface area (TPSA) is 66.5 Å². The van der Waals surface area contributed by atoms with E-state index in [0.717, 1.165) is 25.7 Å². The first-order valence-corrected chi connectivity index (χ1v) is 9.63. The molecule has 1 aromatic carbocycles. The highest BCUT2D eigenvalue weighted by atomic mass is 35.5. The maximum absolute atomic E-state index is 12.6. The van der Waals surface area contributed by atoms with Gasteiger partial charge in [0.15, 0.2) is 0 Å². The minimum atomic E-state index is -3.64. The third kappa shape index (κ3) is 4.05. The summed E-state index contributed by atoms with van der Waals surface area (Å²) in [5.41, 5.74) is 0.205. The highest BCUT2D eigenvalue weighted by Gasteiger charge is 2.26. The Morgan fingerprint density at radius 1 is 1.30 bits per heavy atom. The van der Waals surface area contributed by atoms with Gasteiger partial charge in [-0.3, -0.25) is 4.79 Å². The second-order valence-corrected chi connectivity index (χ2v) is 8.62. The number of halogens is 1. The molecule has 0 spiro atoms. The van der Waals surface area contributed by atoms with E-state index in [0.29, 0.717) is 0 Å². The van der Waals surface area contributed by atoms with Gasteiger partial charge in [0.25, 0.3) is 5.91 Å². The lowest BCUT2D eigenvalue weighted by atomic mass is 10.2. The lowest BCUT2D eigenvalue weighted by molar-refractivity contribution is 0.0938. The number of benzene rings is 1. The molecule has 0 atom stereocenters. The molecule has 1 aliphatic carbocycles. The lowest BCUT2D eigenvalue weighted by Crippen LogP contribution is -2.34. The van der Waals surface area contributed by atoms with Crippen LogP contribution < -0.4 is 5.32 Å². The number of nitrogens with one attached hydrogen (secondary N) is 1. The zero-order valence-corrected chi connectivity index (χ0v) is 15.2. The van der Waals surface area contributed by atoms with Gasteiger partial charge in [-0.1, -0.05) is 24.4 Å². The van der Waals surface area contributed by atoms with Crippen LogP contribution in [0, 0.1) is 0 Å². The van der Waals surface area contributed by atoms with E-state index in [-0.39, 0.29) is 33.5 Å². The Bertz CT molecular complexity index is 683. The van der Waals surface area contributed by atoms with Crippen LogP contribution in [0.15, 0.2) is 23.1 Å². The Balaban J connectivity index is 2.30. The van der Waals surface area contributed by atoms with Crippen LogP contribution in [0.3, 0.4) is 0 Å². The van der Waals surface area contributed by atoms with Crippen molar-refractivity contribution < 1.29 is 13.2 Å². The van der Waals surface area contributed by atoms with E-state index >= 15 is 0 Å². The Labute approximate surface area is 143 Å². The molecule has 1 aliphatic rings. The average molecular weight is 359 g/mol. The Kier molecular flexibility index (Phi) is 5.70. The first kappa shape index (κ1) is 18.2. The van der Waals surface area contributed by atoms with Gasteiger partial charge in [-0.25, -0.2) is 8.42 Å². The van der Waals surface area contributed by atoms with Crippen molar-refractivity contribution >= 4 is 27.5 Å². The van der Waals surface area contributed by atoms with Crippen LogP contribution >= 0.6 is 11.6 Å². The van der Waals surface area contributed by atoms with Crippen LogP contribution in [0.5, 0.6) is 0 Å². The fourth-order valence-electron chi connectivity index (χ4n) is 2.62. The molecule has 1 saturated carbocycles. The minimum absolute atomic E-state index is 0.0784. The quantitative estimate of drug-likeness (QED) is 0.879. The minimum Gasteiger partial charge on any atom is -0.349 e. The van der Waals surface area contributed by atoms with Crippen molar-refractivity contribution in [2.75, 3.05) is 7.05 Å². The lowest BCUT2D eigenvalue weighted by Gasteiger charge is -2.21. The number of carbonyl (C=O) groups excluding carboxylic acids is 1. The molecule has 23 heavy (non-hydrogen) atoms. The van der Waals surface area contributed by atoms with E-state index in [9.17, 15) is 13.2 Å². The molecule has 0 bridgehead atoms. The van der Waals surface area contributed by atoms with Gasteiger partial charge < -0.3 is 5.32 Å². The van der Waals surface area contributed by atoms with Gasteiger partial charge in [0.2, 0.25) is 10.0 Å². The second kappa shape index (κ2) is 7.20. The van der Waals surface area contributed by atoms with E-state index < -0.39 is 10.0 Å². The summed E-state index contributed by atoms with van der Waals surface area (Å²) in [6.07, 6.45) is 4.12. The van der Waals surface area contributed by atoms with Crippen LogP contribution in [0.4, 0.5) is 0 Å². The summed E-state index contributed by atoms with van der Waals surface area (Å²) in [7, 11) is -2.12. The average Bonchev–Trinajstić information content (AvgIpc) is 2.99. The molecular weight excluding hydrogens is 336 g/mol. The summed E-state index contributed by atoms with van der Waals surface area (Å²) < 4.78 is 26.4. The maximum atomic E-state index is 12.6. The molecule has 1 fully saturated rings. The Morgan fingerprint density at radius 2 is 1.91 bits per heavy atom. The Morgan fingerprint density at radius 3 is 2.48 bits per heavy atom. The normalized spacial score (nSPS) is 16.3. The van der Waals surface area contributed by atoms with Crippen molar-refractivity contribution in [1.82, 2.24) is 9.62 Å². The molecule has 0 heterocycles. The fourth-order valence-corrected chi connectivity index (χ4v) is 4.21. The molecule has 1 N–H and O–H groups in total. The SMILES string of the molecule is CC(C)N(C)S(=O)(=O)c1ccc(Cl)c(C(=O)NC2CCCC2)c1. The molecule has 1 aromatic rings. The third-order valence-electron chi connectivity index (χ3n) is 4.28. The third-order valence-corrected chi connectivity index (χ3v) is 6.64. The number of hydrogen-bond donors (Lipinski definition) is 1. The van der Waals surface area contributed by atoms with Crippen LogP contribution in [-0.4, -0.2) is 37.8 Å². The van der Waals surface area contributed by atoms with E-state index in [4.69, 9.17) is 11.6 Å². The van der Waals surface area contributed by atoms with Gasteiger partial charge in [-0.15, -0.1) is 0 Å². The Hall–Kier alpha value is -1.11. The van der Waals surface area contributed by atoms with Crippen molar-refractivity contribution in [3.63, 3.8) is 0 Å². The van der Waals surface area contributed by atoms with Gasteiger partial charge in [0.05, 0.1) is 15.5 Å². The molecular formula is C16H23ClN2O3S. The molecule has 0 radical (unpaired) electrons. The molecule has 0 saturated heterocycles. The summed E-state index contributed by atoms with van der Waals surface area (Å²) in [6, 6.07) is 4.24. The largest absolute Gasteiger partial charge is 0.349 e.